The average molecular weight is 273 g/mol. The molecule has 0 heterocycles. The van der Waals surface area contributed by atoms with Crippen molar-refractivity contribution in [2.45, 2.75) is 6.54 Å². The van der Waals surface area contributed by atoms with Gasteiger partial charge in [0.25, 0.3) is 0 Å². The Labute approximate surface area is 119 Å². The quantitative estimate of drug-likeness (QED) is 0.788. The summed E-state index contributed by atoms with van der Waals surface area (Å²) in [6.07, 6.45) is 0. The zero-order valence-electron chi connectivity index (χ0n) is 11.5. The van der Waals surface area contributed by atoms with Crippen molar-refractivity contribution in [3.63, 3.8) is 0 Å². The van der Waals surface area contributed by atoms with E-state index < -0.39 is 0 Å². The Morgan fingerprint density at radius 3 is 2.40 bits per heavy atom. The topological polar surface area (TPSA) is 53.7 Å². The Hall–Kier alpha value is -2.20. The van der Waals surface area contributed by atoms with Crippen molar-refractivity contribution in [1.82, 2.24) is 0 Å². The fourth-order valence-corrected chi connectivity index (χ4v) is 1.81. The molecule has 0 aliphatic rings. The highest BCUT2D eigenvalue weighted by molar-refractivity contribution is 5.39. The van der Waals surface area contributed by atoms with Gasteiger partial charge in [0.2, 0.25) is 0 Å². The van der Waals surface area contributed by atoms with Crippen LogP contribution in [0.25, 0.3) is 0 Å². The second-order valence-electron chi connectivity index (χ2n) is 4.20. The molecule has 4 heteroatoms. The van der Waals surface area contributed by atoms with Crippen molar-refractivity contribution in [2.24, 2.45) is 5.73 Å². The van der Waals surface area contributed by atoms with E-state index in [1.54, 1.807) is 7.11 Å². The molecule has 0 aliphatic heterocycles. The van der Waals surface area contributed by atoms with Crippen molar-refractivity contribution < 1.29 is 14.2 Å². The minimum atomic E-state index is 0.452. The van der Waals surface area contributed by atoms with Gasteiger partial charge >= 0.3 is 0 Å². The number of methoxy groups -OCH3 is 1. The third kappa shape index (κ3) is 3.90. The fraction of sp³-hybridized carbons (Fsp3) is 0.250. The van der Waals surface area contributed by atoms with Crippen LogP contribution >= 0.6 is 0 Å². The van der Waals surface area contributed by atoms with Crippen molar-refractivity contribution in [3.8, 4) is 17.2 Å². The van der Waals surface area contributed by atoms with E-state index in [0.717, 1.165) is 17.1 Å². The van der Waals surface area contributed by atoms with E-state index in [2.05, 4.69) is 0 Å². The van der Waals surface area contributed by atoms with Gasteiger partial charge in [-0.25, -0.2) is 0 Å². The van der Waals surface area contributed by atoms with Gasteiger partial charge in [0.1, 0.15) is 19.0 Å². The first-order chi connectivity index (χ1) is 9.83. The highest BCUT2D eigenvalue weighted by atomic mass is 16.5. The lowest BCUT2D eigenvalue weighted by atomic mass is 10.2. The standard InChI is InChI=1S/C16H19NO3/c1-18-15-7-2-3-8-16(15)20-10-9-19-14-6-4-5-13(11-14)12-17/h2-8,11H,9-10,12,17H2,1H3. The van der Waals surface area contributed by atoms with Gasteiger partial charge in [-0.1, -0.05) is 24.3 Å². The molecule has 0 atom stereocenters. The molecule has 2 aromatic carbocycles. The van der Waals surface area contributed by atoms with E-state index in [1.807, 2.05) is 48.5 Å². The van der Waals surface area contributed by atoms with Crippen LogP contribution in [0, 0.1) is 0 Å². The van der Waals surface area contributed by atoms with E-state index in [0.29, 0.717) is 25.5 Å². The van der Waals surface area contributed by atoms with Crippen molar-refractivity contribution in [2.75, 3.05) is 20.3 Å². The van der Waals surface area contributed by atoms with Gasteiger partial charge in [0, 0.05) is 6.54 Å². The second kappa shape index (κ2) is 7.40. The third-order valence-electron chi connectivity index (χ3n) is 2.81. The number of nitrogens with two attached hydrogens (primary N) is 1. The Morgan fingerprint density at radius 1 is 0.900 bits per heavy atom. The van der Waals surface area contributed by atoms with E-state index in [1.165, 1.54) is 0 Å². The summed E-state index contributed by atoms with van der Waals surface area (Å²) < 4.78 is 16.5. The number of hydrogen-bond acceptors (Lipinski definition) is 4. The molecule has 0 saturated carbocycles. The molecule has 0 aromatic heterocycles. The first-order valence-corrected chi connectivity index (χ1v) is 6.51. The van der Waals surface area contributed by atoms with Gasteiger partial charge in [-0.2, -0.15) is 0 Å². The largest absolute Gasteiger partial charge is 0.493 e. The first-order valence-electron chi connectivity index (χ1n) is 6.51. The summed E-state index contributed by atoms with van der Waals surface area (Å²) in [5, 5.41) is 0. The molecule has 0 radical (unpaired) electrons. The molecular weight excluding hydrogens is 254 g/mol. The molecule has 0 unspecified atom stereocenters. The van der Waals surface area contributed by atoms with Crippen LogP contribution in [0.3, 0.4) is 0 Å². The lowest BCUT2D eigenvalue weighted by Crippen LogP contribution is -2.09. The molecule has 0 bridgehead atoms. The lowest BCUT2D eigenvalue weighted by molar-refractivity contribution is 0.211. The molecule has 0 fully saturated rings. The van der Waals surface area contributed by atoms with Crippen LogP contribution in [-0.2, 0) is 6.54 Å². The van der Waals surface area contributed by atoms with E-state index >= 15 is 0 Å². The summed E-state index contributed by atoms with van der Waals surface area (Å²) in [4.78, 5) is 0. The number of rotatable bonds is 7. The monoisotopic (exact) mass is 273 g/mol. The van der Waals surface area contributed by atoms with Crippen LogP contribution in [-0.4, -0.2) is 20.3 Å². The van der Waals surface area contributed by atoms with E-state index in [-0.39, 0.29) is 0 Å². The smallest absolute Gasteiger partial charge is 0.161 e. The van der Waals surface area contributed by atoms with Gasteiger partial charge in [0.05, 0.1) is 7.11 Å². The van der Waals surface area contributed by atoms with Crippen molar-refractivity contribution >= 4 is 0 Å². The minimum absolute atomic E-state index is 0.452. The molecule has 0 aliphatic carbocycles. The maximum Gasteiger partial charge on any atom is 0.161 e. The number of ether oxygens (including phenoxy) is 3. The van der Waals surface area contributed by atoms with Gasteiger partial charge in [-0.3, -0.25) is 0 Å². The summed E-state index contributed by atoms with van der Waals surface area (Å²) in [5.74, 6) is 2.24. The molecule has 0 spiro atoms. The molecule has 0 saturated heterocycles. The molecule has 2 aromatic rings. The van der Waals surface area contributed by atoms with Crippen molar-refractivity contribution in [3.05, 3.63) is 54.1 Å². The number of para-hydroxylation sites is 2. The van der Waals surface area contributed by atoms with Gasteiger partial charge in [-0.15, -0.1) is 0 Å². The number of benzene rings is 2. The van der Waals surface area contributed by atoms with Crippen LogP contribution in [0.5, 0.6) is 17.2 Å². The predicted molar refractivity (Wildman–Crippen MR) is 78.3 cm³/mol. The molecule has 106 valence electrons. The average Bonchev–Trinajstić information content (AvgIpc) is 2.52. The summed E-state index contributed by atoms with van der Waals surface area (Å²) in [5.41, 5.74) is 6.64. The summed E-state index contributed by atoms with van der Waals surface area (Å²) >= 11 is 0. The third-order valence-corrected chi connectivity index (χ3v) is 2.81. The summed E-state index contributed by atoms with van der Waals surface area (Å²) in [6.45, 7) is 1.42. The number of hydrogen-bond donors (Lipinski definition) is 1. The Bertz CT molecular complexity index is 543. The summed E-state index contributed by atoms with van der Waals surface area (Å²) in [6, 6.07) is 15.3. The molecule has 2 N–H and O–H groups in total. The van der Waals surface area contributed by atoms with E-state index in [9.17, 15) is 0 Å². The molecule has 2 rings (SSSR count). The van der Waals surface area contributed by atoms with Crippen LogP contribution in [0.4, 0.5) is 0 Å². The van der Waals surface area contributed by atoms with Gasteiger partial charge in [0.15, 0.2) is 11.5 Å². The Morgan fingerprint density at radius 2 is 1.65 bits per heavy atom. The SMILES string of the molecule is COc1ccccc1OCCOc1cccc(CN)c1. The van der Waals surface area contributed by atoms with Crippen LogP contribution in [0.1, 0.15) is 5.56 Å². The Balaban J connectivity index is 1.81. The molecular formula is C16H19NO3. The van der Waals surface area contributed by atoms with Crippen molar-refractivity contribution in [1.29, 1.82) is 0 Å². The molecule has 4 nitrogen and oxygen atoms in total. The first kappa shape index (κ1) is 14.2. The van der Waals surface area contributed by atoms with Crippen LogP contribution in [0.15, 0.2) is 48.5 Å². The van der Waals surface area contributed by atoms with E-state index in [4.69, 9.17) is 19.9 Å². The predicted octanol–water partition coefficient (Wildman–Crippen LogP) is 2.61. The van der Waals surface area contributed by atoms with Gasteiger partial charge < -0.3 is 19.9 Å². The van der Waals surface area contributed by atoms with Gasteiger partial charge in [-0.05, 0) is 29.8 Å². The summed E-state index contributed by atoms with van der Waals surface area (Å²) in [7, 11) is 1.62. The van der Waals surface area contributed by atoms with Crippen LogP contribution in [0.2, 0.25) is 0 Å². The zero-order valence-corrected chi connectivity index (χ0v) is 11.5. The zero-order chi connectivity index (χ0) is 14.2. The minimum Gasteiger partial charge on any atom is -0.493 e. The fourth-order valence-electron chi connectivity index (χ4n) is 1.81. The van der Waals surface area contributed by atoms with Crippen LogP contribution < -0.4 is 19.9 Å². The highest BCUT2D eigenvalue weighted by Gasteiger charge is 2.02. The highest BCUT2D eigenvalue weighted by Crippen LogP contribution is 2.25. The lowest BCUT2D eigenvalue weighted by Gasteiger charge is -2.11. The molecule has 0 amide bonds. The maximum atomic E-state index is 5.63. The maximum absolute atomic E-state index is 5.63. The molecule has 20 heavy (non-hydrogen) atoms. The Kier molecular flexibility index (Phi) is 5.26. The normalized spacial score (nSPS) is 10.1. The second-order valence-corrected chi connectivity index (χ2v) is 4.20.